The maximum Gasteiger partial charge on any atom is 0.191 e. The van der Waals surface area contributed by atoms with Crippen LogP contribution in [0.4, 0.5) is 0 Å². The van der Waals surface area contributed by atoms with Crippen molar-refractivity contribution in [3.8, 4) is 0 Å². The molecule has 0 saturated carbocycles. The molecule has 0 radical (unpaired) electrons. The normalized spacial score (nSPS) is 10.9. The Morgan fingerprint density at radius 2 is 1.70 bits per heavy atom. The Labute approximate surface area is 136 Å². The van der Waals surface area contributed by atoms with Crippen molar-refractivity contribution in [3.05, 3.63) is 43.2 Å². The maximum absolute atomic E-state index is 4.19. The Balaban J connectivity index is 0.00000200. The Hall–Kier alpha value is -1.51. The highest BCUT2D eigenvalue weighted by molar-refractivity contribution is 14.0. The molecular weight excluding hydrogens is 367 g/mol. The van der Waals surface area contributed by atoms with Gasteiger partial charge in [-0.1, -0.05) is 0 Å². The molecule has 2 heterocycles. The number of hydrogen-bond acceptors (Lipinski definition) is 2. The molecule has 2 N–H and O–H groups in total. The SMILES string of the molecule is CN=C(NCCn1cccc1)NCCn1ccnc1.I. The van der Waals surface area contributed by atoms with Crippen LogP contribution in [0.1, 0.15) is 0 Å². The van der Waals surface area contributed by atoms with Gasteiger partial charge in [-0.05, 0) is 12.1 Å². The van der Waals surface area contributed by atoms with E-state index in [2.05, 4.69) is 37.6 Å². The van der Waals surface area contributed by atoms with Crippen LogP contribution < -0.4 is 10.6 Å². The van der Waals surface area contributed by atoms with Crippen molar-refractivity contribution in [3.63, 3.8) is 0 Å². The van der Waals surface area contributed by atoms with Gasteiger partial charge in [0.25, 0.3) is 0 Å². The minimum absolute atomic E-state index is 0. The van der Waals surface area contributed by atoms with Crippen LogP contribution in [0.3, 0.4) is 0 Å². The summed E-state index contributed by atoms with van der Waals surface area (Å²) in [5.74, 6) is 0.826. The molecule has 2 aromatic heterocycles. The molecule has 0 aliphatic heterocycles. The average molecular weight is 388 g/mol. The van der Waals surface area contributed by atoms with Crippen LogP contribution in [0.5, 0.6) is 0 Å². The van der Waals surface area contributed by atoms with E-state index < -0.39 is 0 Å². The van der Waals surface area contributed by atoms with Gasteiger partial charge < -0.3 is 19.8 Å². The van der Waals surface area contributed by atoms with E-state index in [4.69, 9.17) is 0 Å². The Bertz CT molecular complexity index is 435. The summed E-state index contributed by atoms with van der Waals surface area (Å²) in [5.41, 5.74) is 0. The zero-order valence-corrected chi connectivity index (χ0v) is 13.9. The van der Waals surface area contributed by atoms with Gasteiger partial charge in [0.1, 0.15) is 0 Å². The summed E-state index contributed by atoms with van der Waals surface area (Å²) >= 11 is 0. The van der Waals surface area contributed by atoms with Gasteiger partial charge in [0, 0.05) is 58.0 Å². The number of aliphatic imine (C=N–C) groups is 1. The summed E-state index contributed by atoms with van der Waals surface area (Å²) in [6.45, 7) is 3.46. The molecule has 110 valence electrons. The van der Waals surface area contributed by atoms with Gasteiger partial charge in [-0.15, -0.1) is 24.0 Å². The highest BCUT2D eigenvalue weighted by Crippen LogP contribution is 1.88. The topological polar surface area (TPSA) is 59.2 Å². The number of nitrogens with zero attached hydrogens (tertiary/aromatic N) is 4. The van der Waals surface area contributed by atoms with Crippen LogP contribution in [0.2, 0.25) is 0 Å². The molecule has 6 nitrogen and oxygen atoms in total. The first kappa shape index (κ1) is 16.5. The molecule has 0 aliphatic rings. The minimum Gasteiger partial charge on any atom is -0.355 e. The largest absolute Gasteiger partial charge is 0.355 e. The van der Waals surface area contributed by atoms with E-state index in [-0.39, 0.29) is 24.0 Å². The molecule has 0 atom stereocenters. The fourth-order valence-electron chi connectivity index (χ4n) is 1.77. The Morgan fingerprint density at radius 1 is 1.05 bits per heavy atom. The van der Waals surface area contributed by atoms with Gasteiger partial charge in [-0.2, -0.15) is 0 Å². The summed E-state index contributed by atoms with van der Waals surface area (Å²) in [6.07, 6.45) is 9.64. The summed E-state index contributed by atoms with van der Waals surface area (Å²) in [4.78, 5) is 8.19. The number of aromatic nitrogens is 3. The number of hydrogen-bond donors (Lipinski definition) is 2. The fraction of sp³-hybridized carbons (Fsp3) is 0.385. The van der Waals surface area contributed by atoms with Gasteiger partial charge in [-0.3, -0.25) is 4.99 Å². The molecule has 0 aromatic carbocycles. The summed E-state index contributed by atoms with van der Waals surface area (Å²) in [6, 6.07) is 4.05. The second-order valence-electron chi connectivity index (χ2n) is 4.15. The molecule has 7 heteroatoms. The second kappa shape index (κ2) is 9.40. The molecule has 2 rings (SSSR count). The van der Waals surface area contributed by atoms with Crippen molar-refractivity contribution < 1.29 is 0 Å². The van der Waals surface area contributed by atoms with Crippen molar-refractivity contribution in [1.29, 1.82) is 0 Å². The zero-order valence-electron chi connectivity index (χ0n) is 11.6. The van der Waals surface area contributed by atoms with E-state index in [0.29, 0.717) is 0 Å². The van der Waals surface area contributed by atoms with E-state index in [0.717, 1.165) is 32.1 Å². The lowest BCUT2D eigenvalue weighted by Crippen LogP contribution is -2.40. The van der Waals surface area contributed by atoms with Crippen LogP contribution in [-0.2, 0) is 13.1 Å². The monoisotopic (exact) mass is 388 g/mol. The first-order chi connectivity index (χ1) is 9.38. The lowest BCUT2D eigenvalue weighted by Gasteiger charge is -2.12. The molecule has 0 saturated heterocycles. The van der Waals surface area contributed by atoms with Crippen molar-refractivity contribution in [2.45, 2.75) is 13.1 Å². The molecule has 0 unspecified atom stereocenters. The first-order valence-corrected chi connectivity index (χ1v) is 6.39. The maximum atomic E-state index is 4.19. The highest BCUT2D eigenvalue weighted by Gasteiger charge is 1.97. The Morgan fingerprint density at radius 3 is 2.25 bits per heavy atom. The lowest BCUT2D eigenvalue weighted by atomic mass is 10.5. The molecule has 0 bridgehead atoms. The van der Waals surface area contributed by atoms with Gasteiger partial charge in [0.15, 0.2) is 5.96 Å². The third-order valence-corrected chi connectivity index (χ3v) is 2.77. The third-order valence-electron chi connectivity index (χ3n) is 2.77. The molecule has 0 aliphatic carbocycles. The van der Waals surface area contributed by atoms with E-state index in [1.54, 1.807) is 13.2 Å². The Kier molecular flexibility index (Phi) is 7.78. The summed E-state index contributed by atoms with van der Waals surface area (Å²) in [5, 5.41) is 6.55. The number of guanidine groups is 1. The highest BCUT2D eigenvalue weighted by atomic mass is 127. The van der Waals surface area contributed by atoms with Gasteiger partial charge in [0.05, 0.1) is 6.33 Å². The molecule has 2 aromatic rings. The molecule has 0 fully saturated rings. The smallest absolute Gasteiger partial charge is 0.191 e. The quantitative estimate of drug-likeness (QED) is 0.444. The van der Waals surface area contributed by atoms with E-state index in [9.17, 15) is 0 Å². The van der Waals surface area contributed by atoms with Crippen LogP contribution >= 0.6 is 24.0 Å². The lowest BCUT2D eigenvalue weighted by molar-refractivity contribution is 0.641. The molecule has 0 amide bonds. The standard InChI is InChI=1S/C13H20N6.HI/c1-14-13(16-5-10-18-7-2-3-8-18)17-6-11-19-9-4-15-12-19;/h2-4,7-9,12H,5-6,10-11H2,1H3,(H2,14,16,17);1H. The zero-order chi connectivity index (χ0) is 13.3. The van der Waals surface area contributed by atoms with Crippen molar-refractivity contribution in [2.75, 3.05) is 20.1 Å². The fourth-order valence-corrected chi connectivity index (χ4v) is 1.77. The average Bonchev–Trinajstić information content (AvgIpc) is 3.10. The van der Waals surface area contributed by atoms with Gasteiger partial charge in [-0.25, -0.2) is 4.98 Å². The number of imidazole rings is 1. The van der Waals surface area contributed by atoms with Crippen molar-refractivity contribution in [1.82, 2.24) is 24.8 Å². The predicted octanol–water partition coefficient (Wildman–Crippen LogP) is 1.17. The summed E-state index contributed by atoms with van der Waals surface area (Å²) < 4.78 is 4.16. The molecule has 20 heavy (non-hydrogen) atoms. The van der Waals surface area contributed by atoms with E-state index in [1.807, 2.05) is 29.2 Å². The van der Waals surface area contributed by atoms with Crippen LogP contribution in [-0.4, -0.2) is 40.2 Å². The van der Waals surface area contributed by atoms with Crippen LogP contribution in [0.25, 0.3) is 0 Å². The number of halogens is 1. The molecular formula is C13H21IN6. The van der Waals surface area contributed by atoms with Crippen LogP contribution in [0, 0.1) is 0 Å². The number of nitrogens with one attached hydrogen (secondary N) is 2. The first-order valence-electron chi connectivity index (χ1n) is 6.39. The van der Waals surface area contributed by atoms with Crippen molar-refractivity contribution >= 4 is 29.9 Å². The van der Waals surface area contributed by atoms with Crippen LogP contribution in [0.15, 0.2) is 48.2 Å². The minimum atomic E-state index is 0. The molecule has 0 spiro atoms. The summed E-state index contributed by atoms with van der Waals surface area (Å²) in [7, 11) is 1.78. The van der Waals surface area contributed by atoms with Crippen molar-refractivity contribution in [2.24, 2.45) is 4.99 Å². The second-order valence-corrected chi connectivity index (χ2v) is 4.15. The predicted molar refractivity (Wildman–Crippen MR) is 91.4 cm³/mol. The van der Waals surface area contributed by atoms with E-state index in [1.165, 1.54) is 0 Å². The number of rotatable bonds is 6. The van der Waals surface area contributed by atoms with E-state index >= 15 is 0 Å². The third kappa shape index (κ3) is 5.64. The van der Waals surface area contributed by atoms with Gasteiger partial charge in [0.2, 0.25) is 0 Å². The van der Waals surface area contributed by atoms with Gasteiger partial charge >= 0.3 is 0 Å².